The average Bonchev–Trinajstić information content (AvgIpc) is 3.17. The lowest BCUT2D eigenvalue weighted by Gasteiger charge is -2.18. The van der Waals surface area contributed by atoms with Gasteiger partial charge >= 0.3 is 0 Å². The maximum atomic E-state index is 12.3. The van der Waals surface area contributed by atoms with Crippen molar-refractivity contribution in [3.8, 4) is 0 Å². The summed E-state index contributed by atoms with van der Waals surface area (Å²) in [7, 11) is 0. The molecule has 3 nitrogen and oxygen atoms in total. The average molecular weight is 275 g/mol. The van der Waals surface area contributed by atoms with E-state index in [0.717, 1.165) is 25.7 Å². The Bertz CT molecular complexity index is 438. The zero-order chi connectivity index (χ0) is 14.6. The highest BCUT2D eigenvalue weighted by Crippen LogP contribution is 2.48. The number of aliphatic hydroxyl groups excluding tert-OH is 1. The molecule has 20 heavy (non-hydrogen) atoms. The van der Waals surface area contributed by atoms with Crippen molar-refractivity contribution in [1.82, 2.24) is 5.32 Å². The van der Waals surface area contributed by atoms with E-state index in [9.17, 15) is 9.90 Å². The summed E-state index contributed by atoms with van der Waals surface area (Å²) in [6.45, 7) is 4.51. The van der Waals surface area contributed by atoms with Crippen molar-refractivity contribution in [3.63, 3.8) is 0 Å². The minimum atomic E-state index is -0.438. The third kappa shape index (κ3) is 4.07. The smallest absolute Gasteiger partial charge is 0.226 e. The van der Waals surface area contributed by atoms with Gasteiger partial charge in [0, 0.05) is 6.54 Å². The lowest BCUT2D eigenvalue weighted by molar-refractivity contribution is -0.126. The van der Waals surface area contributed by atoms with Crippen LogP contribution in [0.1, 0.15) is 38.7 Å². The topological polar surface area (TPSA) is 49.3 Å². The van der Waals surface area contributed by atoms with Crippen molar-refractivity contribution >= 4 is 5.91 Å². The van der Waals surface area contributed by atoms with Crippen LogP contribution >= 0.6 is 0 Å². The third-order valence-electron chi connectivity index (χ3n) is 3.96. The first kappa shape index (κ1) is 15.0. The van der Waals surface area contributed by atoms with Gasteiger partial charge in [-0.1, -0.05) is 44.2 Å². The summed E-state index contributed by atoms with van der Waals surface area (Å²) in [5.74, 6) is 0.547. The molecule has 1 aliphatic rings. The molecular formula is C17H25NO2. The summed E-state index contributed by atoms with van der Waals surface area (Å²) in [4.78, 5) is 12.3. The molecule has 1 fully saturated rings. The molecule has 0 saturated heterocycles. The highest BCUT2D eigenvalue weighted by atomic mass is 16.3. The van der Waals surface area contributed by atoms with E-state index >= 15 is 0 Å². The Kier molecular flexibility index (Phi) is 4.81. The van der Waals surface area contributed by atoms with E-state index < -0.39 is 6.10 Å². The molecule has 0 bridgehead atoms. The Balaban J connectivity index is 1.83. The Morgan fingerprint density at radius 3 is 2.50 bits per heavy atom. The molecule has 1 atom stereocenters. The number of hydrogen-bond donors (Lipinski definition) is 2. The fourth-order valence-corrected chi connectivity index (χ4v) is 2.65. The number of nitrogens with one attached hydrogen (secondary N) is 1. The molecule has 0 spiro atoms. The van der Waals surface area contributed by atoms with Crippen LogP contribution in [0.15, 0.2) is 30.3 Å². The lowest BCUT2D eigenvalue weighted by atomic mass is 9.95. The first-order valence-electron chi connectivity index (χ1n) is 7.52. The molecule has 0 heterocycles. The number of aliphatic hydroxyl groups is 1. The number of hydrogen-bond acceptors (Lipinski definition) is 2. The van der Waals surface area contributed by atoms with Gasteiger partial charge in [0.15, 0.2) is 0 Å². The van der Waals surface area contributed by atoms with Gasteiger partial charge in [-0.15, -0.1) is 0 Å². The van der Waals surface area contributed by atoms with Gasteiger partial charge in [0.05, 0.1) is 11.5 Å². The molecule has 1 amide bonds. The van der Waals surface area contributed by atoms with Gasteiger partial charge in [-0.3, -0.25) is 4.79 Å². The number of carbonyl (C=O) groups is 1. The zero-order valence-electron chi connectivity index (χ0n) is 12.4. The summed E-state index contributed by atoms with van der Waals surface area (Å²) in [5.41, 5.74) is 0.988. The molecule has 1 aromatic carbocycles. The molecule has 2 rings (SSSR count). The molecule has 1 saturated carbocycles. The largest absolute Gasteiger partial charge is 0.391 e. The summed E-state index contributed by atoms with van der Waals surface area (Å²) < 4.78 is 0. The first-order valence-corrected chi connectivity index (χ1v) is 7.52. The van der Waals surface area contributed by atoms with E-state index in [1.165, 1.54) is 5.56 Å². The van der Waals surface area contributed by atoms with E-state index in [1.807, 2.05) is 18.2 Å². The Morgan fingerprint density at radius 2 is 1.95 bits per heavy atom. The number of benzene rings is 1. The predicted molar refractivity (Wildman–Crippen MR) is 80.3 cm³/mol. The van der Waals surface area contributed by atoms with Crippen LogP contribution in [0.25, 0.3) is 0 Å². The minimum absolute atomic E-state index is 0.101. The van der Waals surface area contributed by atoms with E-state index in [2.05, 4.69) is 31.3 Å². The molecule has 0 aromatic heterocycles. The summed E-state index contributed by atoms with van der Waals surface area (Å²) in [6, 6.07) is 10.2. The van der Waals surface area contributed by atoms with Gasteiger partial charge in [-0.25, -0.2) is 0 Å². The Hall–Kier alpha value is -1.35. The summed E-state index contributed by atoms with van der Waals surface area (Å²) in [5, 5.41) is 12.8. The minimum Gasteiger partial charge on any atom is -0.391 e. The molecule has 1 aromatic rings. The van der Waals surface area contributed by atoms with Crippen LogP contribution < -0.4 is 5.32 Å². The third-order valence-corrected chi connectivity index (χ3v) is 3.96. The number of carbonyl (C=O) groups excluding carboxylic acids is 1. The molecule has 1 unspecified atom stereocenters. The van der Waals surface area contributed by atoms with Gasteiger partial charge < -0.3 is 10.4 Å². The molecule has 0 radical (unpaired) electrons. The monoisotopic (exact) mass is 275 g/mol. The van der Waals surface area contributed by atoms with Gasteiger partial charge in [0.2, 0.25) is 5.91 Å². The highest BCUT2D eigenvalue weighted by molar-refractivity contribution is 5.85. The van der Waals surface area contributed by atoms with Gasteiger partial charge in [0.25, 0.3) is 0 Å². The maximum absolute atomic E-state index is 12.3. The molecule has 2 N–H and O–H groups in total. The van der Waals surface area contributed by atoms with Crippen molar-refractivity contribution in [3.05, 3.63) is 35.9 Å². The van der Waals surface area contributed by atoms with E-state index in [-0.39, 0.29) is 11.3 Å². The van der Waals surface area contributed by atoms with Crippen molar-refractivity contribution in [2.24, 2.45) is 11.3 Å². The maximum Gasteiger partial charge on any atom is 0.226 e. The van der Waals surface area contributed by atoms with Crippen LogP contribution in [0, 0.1) is 11.3 Å². The van der Waals surface area contributed by atoms with E-state index in [1.54, 1.807) is 0 Å². The lowest BCUT2D eigenvalue weighted by Crippen LogP contribution is -2.38. The molecular weight excluding hydrogens is 250 g/mol. The van der Waals surface area contributed by atoms with Gasteiger partial charge in [0.1, 0.15) is 0 Å². The summed E-state index contributed by atoms with van der Waals surface area (Å²) >= 11 is 0. The van der Waals surface area contributed by atoms with Crippen LogP contribution in [0.3, 0.4) is 0 Å². The quantitative estimate of drug-likeness (QED) is 0.803. The van der Waals surface area contributed by atoms with Crippen molar-refractivity contribution in [2.75, 3.05) is 6.54 Å². The normalized spacial score (nSPS) is 17.8. The van der Waals surface area contributed by atoms with Crippen LogP contribution in [0.4, 0.5) is 0 Å². The molecule has 0 aliphatic heterocycles. The van der Waals surface area contributed by atoms with Gasteiger partial charge in [-0.05, 0) is 37.2 Å². The van der Waals surface area contributed by atoms with Crippen molar-refractivity contribution in [1.29, 1.82) is 0 Å². The fourth-order valence-electron chi connectivity index (χ4n) is 2.65. The van der Waals surface area contributed by atoms with Crippen LogP contribution in [-0.4, -0.2) is 23.7 Å². The van der Waals surface area contributed by atoms with Crippen LogP contribution in [0.2, 0.25) is 0 Å². The second-order valence-corrected chi connectivity index (χ2v) is 6.44. The van der Waals surface area contributed by atoms with Crippen molar-refractivity contribution in [2.45, 2.75) is 45.6 Å². The second kappa shape index (κ2) is 6.40. The summed E-state index contributed by atoms with van der Waals surface area (Å²) in [6.07, 6.45) is 3.00. The second-order valence-electron chi connectivity index (χ2n) is 6.44. The zero-order valence-corrected chi connectivity index (χ0v) is 12.4. The SMILES string of the molecule is CC(C)CC(O)CNC(=O)C1(Cc2ccccc2)CC1. The predicted octanol–water partition coefficient (Wildman–Crippen LogP) is 2.53. The van der Waals surface area contributed by atoms with E-state index in [4.69, 9.17) is 0 Å². The molecule has 110 valence electrons. The van der Waals surface area contributed by atoms with E-state index in [0.29, 0.717) is 12.5 Å². The molecule has 3 heteroatoms. The first-order chi connectivity index (χ1) is 9.52. The highest BCUT2D eigenvalue weighted by Gasteiger charge is 2.49. The van der Waals surface area contributed by atoms with Crippen LogP contribution in [-0.2, 0) is 11.2 Å². The van der Waals surface area contributed by atoms with Gasteiger partial charge in [-0.2, -0.15) is 0 Å². The molecule has 1 aliphatic carbocycles. The standard InChI is InChI=1S/C17H25NO2/c1-13(2)10-15(19)12-18-16(20)17(8-9-17)11-14-6-4-3-5-7-14/h3-7,13,15,19H,8-12H2,1-2H3,(H,18,20). The number of amides is 1. The van der Waals surface area contributed by atoms with Crippen molar-refractivity contribution < 1.29 is 9.90 Å². The fraction of sp³-hybridized carbons (Fsp3) is 0.588. The Labute approximate surface area is 121 Å². The van der Waals surface area contributed by atoms with Crippen LogP contribution in [0.5, 0.6) is 0 Å². The number of rotatable bonds is 7. The Morgan fingerprint density at radius 1 is 1.30 bits per heavy atom.